The maximum Gasteiger partial charge on any atom is 0.419 e. The number of methoxy groups -OCH3 is 2. The second-order valence-electron chi connectivity index (χ2n) is 8.44. The van der Waals surface area contributed by atoms with Crippen molar-refractivity contribution in [2.75, 3.05) is 51.6 Å². The van der Waals surface area contributed by atoms with Crippen LogP contribution in [0.1, 0.15) is 6.42 Å². The minimum atomic E-state index is -0.542. The molecule has 1 N–H and O–H groups in total. The minimum Gasteiger partial charge on any atom is -0.497 e. The number of nitrogens with zero attached hydrogens (tertiary/aromatic N) is 3. The normalized spacial score (nSPS) is 15.9. The first kappa shape index (κ1) is 23.4. The van der Waals surface area contributed by atoms with Crippen LogP contribution in [0.5, 0.6) is 11.5 Å². The Kier molecular flexibility index (Phi) is 6.60. The number of benzene rings is 2. The highest BCUT2D eigenvalue weighted by atomic mass is 16.5. The molecule has 10 heteroatoms. The van der Waals surface area contributed by atoms with E-state index < -0.39 is 11.7 Å². The van der Waals surface area contributed by atoms with E-state index in [1.165, 1.54) is 7.11 Å². The molecule has 0 aliphatic carbocycles. The van der Waals surface area contributed by atoms with Crippen molar-refractivity contribution >= 4 is 34.3 Å². The second-order valence-corrected chi connectivity index (χ2v) is 8.44. The molecule has 0 bridgehead atoms. The van der Waals surface area contributed by atoms with Crippen LogP contribution in [-0.2, 0) is 16.1 Å². The molecule has 4 rings (SSSR count). The number of fused-ring (bicyclic) bond motifs is 1. The number of carbonyl (C=O) groups is 2. The largest absolute Gasteiger partial charge is 0.497 e. The quantitative estimate of drug-likeness (QED) is 0.540. The topological polar surface area (TPSA) is 106 Å². The van der Waals surface area contributed by atoms with E-state index in [0.717, 1.165) is 0 Å². The number of oxazole rings is 1. The lowest BCUT2D eigenvalue weighted by Crippen LogP contribution is -2.28. The fourth-order valence-electron chi connectivity index (χ4n) is 4.02. The number of hydrogen-bond donors (Lipinski definition) is 1. The maximum atomic E-state index is 13.0. The van der Waals surface area contributed by atoms with Crippen LogP contribution in [0.3, 0.4) is 0 Å². The zero-order valence-electron chi connectivity index (χ0n) is 19.7. The maximum absolute atomic E-state index is 13.0. The summed E-state index contributed by atoms with van der Waals surface area (Å²) >= 11 is 0. The molecule has 10 nitrogen and oxygen atoms in total. The van der Waals surface area contributed by atoms with E-state index in [9.17, 15) is 14.4 Å². The molecule has 2 amide bonds. The fraction of sp³-hybridized carbons (Fsp3) is 0.375. The average molecular weight is 469 g/mol. The molecule has 2 aromatic carbocycles. The molecule has 1 saturated heterocycles. The molecule has 1 aliphatic rings. The molecule has 34 heavy (non-hydrogen) atoms. The van der Waals surface area contributed by atoms with Crippen molar-refractivity contribution in [2.24, 2.45) is 5.92 Å². The molecule has 2 heterocycles. The zero-order valence-corrected chi connectivity index (χ0v) is 19.7. The van der Waals surface area contributed by atoms with E-state index in [1.807, 2.05) is 19.0 Å². The van der Waals surface area contributed by atoms with Crippen LogP contribution >= 0.6 is 0 Å². The van der Waals surface area contributed by atoms with Crippen LogP contribution < -0.4 is 25.4 Å². The predicted octanol–water partition coefficient (Wildman–Crippen LogP) is 2.16. The number of likely N-dealkylation sites (N-methyl/N-ethyl adjacent to an activating group) is 1. The Bertz CT molecular complexity index is 1280. The van der Waals surface area contributed by atoms with Gasteiger partial charge in [-0.15, -0.1) is 0 Å². The van der Waals surface area contributed by atoms with E-state index in [0.29, 0.717) is 47.1 Å². The first-order valence-corrected chi connectivity index (χ1v) is 10.9. The Morgan fingerprint density at radius 3 is 2.65 bits per heavy atom. The van der Waals surface area contributed by atoms with Gasteiger partial charge in [-0.3, -0.25) is 14.2 Å². The van der Waals surface area contributed by atoms with E-state index in [2.05, 4.69) is 5.32 Å². The van der Waals surface area contributed by atoms with Crippen molar-refractivity contribution in [1.29, 1.82) is 0 Å². The van der Waals surface area contributed by atoms with Crippen molar-refractivity contribution in [3.05, 3.63) is 46.9 Å². The summed E-state index contributed by atoms with van der Waals surface area (Å²) < 4.78 is 17.5. The van der Waals surface area contributed by atoms with Gasteiger partial charge < -0.3 is 29.0 Å². The highest BCUT2D eigenvalue weighted by molar-refractivity contribution is 6.04. The number of carbonyl (C=O) groups excluding carboxylic acids is 2. The Morgan fingerprint density at radius 1 is 1.15 bits per heavy atom. The van der Waals surface area contributed by atoms with Gasteiger partial charge in [0, 0.05) is 37.8 Å². The summed E-state index contributed by atoms with van der Waals surface area (Å²) in [6.07, 6.45) is 0.0771. The SMILES string of the molecule is COc1ccc(OC)c(N2CC(C(=O)Nc3ccc4oc(=O)n(CCN(C)C)c4c3)CC2=O)c1. The molecule has 0 spiro atoms. The fourth-order valence-corrected chi connectivity index (χ4v) is 4.02. The van der Waals surface area contributed by atoms with Crippen molar-refractivity contribution in [2.45, 2.75) is 13.0 Å². The number of aromatic nitrogens is 1. The lowest BCUT2D eigenvalue weighted by atomic mass is 10.1. The number of rotatable bonds is 8. The van der Waals surface area contributed by atoms with E-state index in [1.54, 1.807) is 53.0 Å². The van der Waals surface area contributed by atoms with Crippen molar-refractivity contribution in [1.82, 2.24) is 9.47 Å². The van der Waals surface area contributed by atoms with Gasteiger partial charge >= 0.3 is 5.76 Å². The molecule has 3 aromatic rings. The van der Waals surface area contributed by atoms with Crippen LogP contribution in [0.25, 0.3) is 11.1 Å². The summed E-state index contributed by atoms with van der Waals surface area (Å²) in [5.74, 6) is -0.317. The van der Waals surface area contributed by atoms with E-state index in [-0.39, 0.29) is 24.8 Å². The van der Waals surface area contributed by atoms with Crippen molar-refractivity contribution in [3.8, 4) is 11.5 Å². The third-order valence-corrected chi connectivity index (χ3v) is 5.88. The summed E-state index contributed by atoms with van der Waals surface area (Å²) in [4.78, 5) is 41.5. The Hall–Kier alpha value is -3.79. The molecular weight excluding hydrogens is 440 g/mol. The highest BCUT2D eigenvalue weighted by Gasteiger charge is 2.36. The first-order chi connectivity index (χ1) is 16.3. The Labute approximate surface area is 196 Å². The second kappa shape index (κ2) is 9.60. The van der Waals surface area contributed by atoms with E-state index >= 15 is 0 Å². The van der Waals surface area contributed by atoms with Crippen LogP contribution in [-0.4, -0.2) is 62.7 Å². The van der Waals surface area contributed by atoms with Gasteiger partial charge in [-0.1, -0.05) is 0 Å². The summed E-state index contributed by atoms with van der Waals surface area (Å²) in [5, 5.41) is 2.88. The molecule has 1 unspecified atom stereocenters. The van der Waals surface area contributed by atoms with Crippen LogP contribution in [0.4, 0.5) is 11.4 Å². The minimum absolute atomic E-state index is 0.0771. The molecule has 1 fully saturated rings. The zero-order chi connectivity index (χ0) is 24.4. The molecule has 180 valence electrons. The van der Waals surface area contributed by atoms with E-state index in [4.69, 9.17) is 13.9 Å². The lowest BCUT2D eigenvalue weighted by Gasteiger charge is -2.20. The summed E-state index contributed by atoms with van der Waals surface area (Å²) in [7, 11) is 6.92. The van der Waals surface area contributed by atoms with Gasteiger partial charge in [0.2, 0.25) is 11.8 Å². The highest BCUT2D eigenvalue weighted by Crippen LogP contribution is 2.36. The number of nitrogens with one attached hydrogen (secondary N) is 1. The van der Waals surface area contributed by atoms with Gasteiger partial charge in [-0.2, -0.15) is 0 Å². The Morgan fingerprint density at radius 2 is 1.94 bits per heavy atom. The molecule has 0 saturated carbocycles. The summed E-state index contributed by atoms with van der Waals surface area (Å²) in [6.45, 7) is 1.35. The predicted molar refractivity (Wildman–Crippen MR) is 128 cm³/mol. The van der Waals surface area contributed by atoms with Gasteiger partial charge in [0.15, 0.2) is 5.58 Å². The van der Waals surface area contributed by atoms with Gasteiger partial charge in [0.05, 0.1) is 31.3 Å². The molecule has 0 radical (unpaired) electrons. The summed E-state index contributed by atoms with van der Waals surface area (Å²) in [5.41, 5.74) is 2.15. The van der Waals surface area contributed by atoms with Gasteiger partial charge in [-0.05, 0) is 44.4 Å². The van der Waals surface area contributed by atoms with Crippen molar-refractivity contribution in [3.63, 3.8) is 0 Å². The van der Waals surface area contributed by atoms with Crippen LogP contribution in [0, 0.1) is 5.92 Å². The van der Waals surface area contributed by atoms with Gasteiger partial charge in [0.25, 0.3) is 0 Å². The third-order valence-electron chi connectivity index (χ3n) is 5.88. The number of hydrogen-bond acceptors (Lipinski definition) is 7. The molecule has 1 aliphatic heterocycles. The first-order valence-electron chi connectivity index (χ1n) is 10.9. The summed E-state index contributed by atoms with van der Waals surface area (Å²) in [6, 6.07) is 10.2. The van der Waals surface area contributed by atoms with Gasteiger partial charge in [-0.25, -0.2) is 4.79 Å². The standard InChI is InChI=1S/C24H28N4O6/c1-26(2)9-10-27-18-12-16(5-7-21(18)34-24(27)31)25-23(30)15-11-22(29)28(14-15)19-13-17(32-3)6-8-20(19)33-4/h5-8,12-13,15H,9-11,14H2,1-4H3,(H,25,30). The lowest BCUT2D eigenvalue weighted by molar-refractivity contribution is -0.122. The molecule has 1 atom stereocenters. The number of anilines is 2. The van der Waals surface area contributed by atoms with Crippen molar-refractivity contribution < 1.29 is 23.5 Å². The monoisotopic (exact) mass is 468 g/mol. The van der Waals surface area contributed by atoms with Crippen LogP contribution in [0.15, 0.2) is 45.6 Å². The van der Waals surface area contributed by atoms with Crippen LogP contribution in [0.2, 0.25) is 0 Å². The molecule has 1 aromatic heterocycles. The van der Waals surface area contributed by atoms with Gasteiger partial charge in [0.1, 0.15) is 11.5 Å². The number of amides is 2. The smallest absolute Gasteiger partial charge is 0.419 e. The molecular formula is C24H28N4O6. The average Bonchev–Trinajstić information content (AvgIpc) is 3.35. The Balaban J connectivity index is 1.52. The third kappa shape index (κ3) is 4.62. The number of ether oxygens (including phenoxy) is 2.